The Morgan fingerprint density at radius 2 is 1.50 bits per heavy atom. The summed E-state index contributed by atoms with van der Waals surface area (Å²) in [5.74, 6) is 0.463. The Labute approximate surface area is 164 Å². The van der Waals surface area contributed by atoms with Crippen molar-refractivity contribution in [1.82, 2.24) is 0 Å². The Bertz CT molecular complexity index is 960. The molecule has 0 aliphatic heterocycles. The van der Waals surface area contributed by atoms with Gasteiger partial charge in [-0.1, -0.05) is 65.8 Å². The second-order valence-corrected chi connectivity index (χ2v) is 6.43. The molecule has 0 spiro atoms. The fourth-order valence-electron chi connectivity index (χ4n) is 2.72. The quantitative estimate of drug-likeness (QED) is 0.301. The first-order chi connectivity index (χ1) is 13.5. The molecule has 3 rings (SSSR count). The van der Waals surface area contributed by atoms with Crippen molar-refractivity contribution in [2.45, 2.75) is 20.5 Å². The fourth-order valence-corrected chi connectivity index (χ4v) is 2.72. The van der Waals surface area contributed by atoms with Gasteiger partial charge in [-0.2, -0.15) is 0 Å². The van der Waals surface area contributed by atoms with E-state index in [-0.39, 0.29) is 5.84 Å². The van der Waals surface area contributed by atoms with Crippen molar-refractivity contribution in [1.29, 1.82) is 0 Å². The molecule has 0 atom stereocenters. The third kappa shape index (κ3) is 4.76. The van der Waals surface area contributed by atoms with Crippen LogP contribution in [0, 0.1) is 13.8 Å². The minimum Gasteiger partial charge on any atom is -0.488 e. The number of nitrogens with zero attached hydrogens (tertiary/aromatic N) is 1. The number of hydrogen-bond acceptors (Lipinski definition) is 4. The largest absolute Gasteiger partial charge is 0.488 e. The van der Waals surface area contributed by atoms with E-state index in [1.54, 1.807) is 24.3 Å². The lowest BCUT2D eigenvalue weighted by Gasteiger charge is -2.12. The van der Waals surface area contributed by atoms with Crippen LogP contribution in [-0.4, -0.2) is 11.8 Å². The van der Waals surface area contributed by atoms with Gasteiger partial charge in [-0.25, -0.2) is 4.79 Å². The van der Waals surface area contributed by atoms with Gasteiger partial charge in [-0.05, 0) is 42.7 Å². The van der Waals surface area contributed by atoms with Crippen LogP contribution in [0.4, 0.5) is 0 Å². The van der Waals surface area contributed by atoms with Gasteiger partial charge in [0.25, 0.3) is 0 Å². The number of carbonyl (C=O) groups is 1. The molecule has 0 unspecified atom stereocenters. The highest BCUT2D eigenvalue weighted by Gasteiger charge is 2.09. The minimum absolute atomic E-state index is 0.146. The number of para-hydroxylation sites is 1. The summed E-state index contributed by atoms with van der Waals surface area (Å²) in [4.78, 5) is 17.1. The predicted octanol–water partition coefficient (Wildman–Crippen LogP) is 4.36. The Balaban J connectivity index is 1.60. The van der Waals surface area contributed by atoms with E-state index in [2.05, 4.69) is 5.16 Å². The number of amidine groups is 1. The Hall–Kier alpha value is -3.60. The maximum Gasteiger partial charge on any atom is 0.365 e. The molecule has 0 amide bonds. The maximum atomic E-state index is 12.1. The van der Waals surface area contributed by atoms with Crippen LogP contribution in [0.25, 0.3) is 0 Å². The summed E-state index contributed by atoms with van der Waals surface area (Å²) in [6, 6.07) is 22.2. The van der Waals surface area contributed by atoms with Gasteiger partial charge in [0.1, 0.15) is 12.4 Å². The molecular formula is C23H22N2O3. The number of nitrogens with two attached hydrogens (primary N) is 1. The number of oxime groups is 1. The third-order valence-electron chi connectivity index (χ3n) is 4.28. The highest BCUT2D eigenvalue weighted by molar-refractivity contribution is 5.98. The Kier molecular flexibility index (Phi) is 6.07. The van der Waals surface area contributed by atoms with Gasteiger partial charge in [0.2, 0.25) is 0 Å². The molecule has 0 aromatic heterocycles. The molecule has 3 aromatic rings. The zero-order valence-electron chi connectivity index (χ0n) is 15.9. The van der Waals surface area contributed by atoms with Crippen LogP contribution in [0.1, 0.15) is 32.6 Å². The summed E-state index contributed by atoms with van der Waals surface area (Å²) in [6.07, 6.45) is 0. The summed E-state index contributed by atoms with van der Waals surface area (Å²) in [5, 5.41) is 3.71. The number of aryl methyl sites for hydroxylation is 2. The zero-order chi connectivity index (χ0) is 19.9. The monoisotopic (exact) mass is 374 g/mol. The van der Waals surface area contributed by atoms with Crippen LogP contribution >= 0.6 is 0 Å². The molecule has 0 bridgehead atoms. The van der Waals surface area contributed by atoms with Crippen molar-refractivity contribution >= 4 is 11.8 Å². The molecule has 0 heterocycles. The van der Waals surface area contributed by atoms with E-state index >= 15 is 0 Å². The van der Waals surface area contributed by atoms with Gasteiger partial charge in [0, 0.05) is 5.56 Å². The first-order valence-electron chi connectivity index (χ1n) is 8.93. The van der Waals surface area contributed by atoms with E-state index in [0.717, 1.165) is 22.4 Å². The molecule has 3 aromatic carbocycles. The van der Waals surface area contributed by atoms with Crippen molar-refractivity contribution in [3.05, 3.63) is 101 Å². The average Bonchev–Trinajstić information content (AvgIpc) is 2.72. The van der Waals surface area contributed by atoms with Gasteiger partial charge in [0.05, 0.1) is 5.56 Å². The SMILES string of the molecule is Cc1cccc(C)c1OCc1ccc(C(=O)O/N=C(\N)c2ccccc2)cc1. The first-order valence-corrected chi connectivity index (χ1v) is 8.93. The van der Waals surface area contributed by atoms with E-state index in [1.165, 1.54) is 0 Å². The van der Waals surface area contributed by atoms with Crippen LogP contribution in [0.2, 0.25) is 0 Å². The second kappa shape index (κ2) is 8.86. The van der Waals surface area contributed by atoms with Crippen LogP contribution in [0.3, 0.4) is 0 Å². The Morgan fingerprint density at radius 3 is 2.14 bits per heavy atom. The van der Waals surface area contributed by atoms with Crippen molar-refractivity contribution < 1.29 is 14.4 Å². The second-order valence-electron chi connectivity index (χ2n) is 6.43. The molecule has 0 saturated heterocycles. The molecule has 0 radical (unpaired) electrons. The highest BCUT2D eigenvalue weighted by Crippen LogP contribution is 2.23. The number of rotatable bonds is 6. The van der Waals surface area contributed by atoms with Crippen molar-refractivity contribution in [3.63, 3.8) is 0 Å². The molecule has 5 nitrogen and oxygen atoms in total. The summed E-state index contributed by atoms with van der Waals surface area (Å²) >= 11 is 0. The lowest BCUT2D eigenvalue weighted by molar-refractivity contribution is 0.0516. The van der Waals surface area contributed by atoms with Crippen LogP contribution < -0.4 is 10.5 Å². The standard InChI is InChI=1S/C23H22N2O3/c1-16-7-6-8-17(2)21(16)27-15-18-11-13-20(14-12-18)23(26)28-25-22(24)19-9-4-3-5-10-19/h3-14H,15H2,1-2H3,(H2,24,25). The van der Waals surface area contributed by atoms with E-state index in [0.29, 0.717) is 17.7 Å². The summed E-state index contributed by atoms with van der Waals surface area (Å²) in [7, 11) is 0. The number of ether oxygens (including phenoxy) is 1. The Morgan fingerprint density at radius 1 is 0.857 bits per heavy atom. The number of hydrogen-bond donors (Lipinski definition) is 1. The molecule has 28 heavy (non-hydrogen) atoms. The molecule has 0 saturated carbocycles. The normalized spacial score (nSPS) is 11.1. The molecular weight excluding hydrogens is 352 g/mol. The number of carbonyl (C=O) groups excluding carboxylic acids is 1. The molecule has 2 N–H and O–H groups in total. The lowest BCUT2D eigenvalue weighted by Crippen LogP contribution is -2.15. The minimum atomic E-state index is -0.568. The lowest BCUT2D eigenvalue weighted by atomic mass is 10.1. The predicted molar refractivity (Wildman–Crippen MR) is 109 cm³/mol. The number of benzene rings is 3. The van der Waals surface area contributed by atoms with Crippen molar-refractivity contribution in [3.8, 4) is 5.75 Å². The van der Waals surface area contributed by atoms with Gasteiger partial charge >= 0.3 is 5.97 Å². The smallest absolute Gasteiger partial charge is 0.365 e. The molecule has 0 fully saturated rings. The van der Waals surface area contributed by atoms with Gasteiger partial charge in [-0.3, -0.25) is 0 Å². The van der Waals surface area contributed by atoms with Gasteiger partial charge in [-0.15, -0.1) is 0 Å². The van der Waals surface area contributed by atoms with E-state index in [9.17, 15) is 4.79 Å². The molecule has 0 aliphatic rings. The molecule has 5 heteroatoms. The van der Waals surface area contributed by atoms with Crippen LogP contribution in [-0.2, 0) is 11.4 Å². The first kappa shape index (κ1) is 19.2. The van der Waals surface area contributed by atoms with Crippen molar-refractivity contribution in [2.24, 2.45) is 10.9 Å². The highest BCUT2D eigenvalue weighted by atomic mass is 16.7. The van der Waals surface area contributed by atoms with Crippen molar-refractivity contribution in [2.75, 3.05) is 0 Å². The maximum absolute atomic E-state index is 12.1. The van der Waals surface area contributed by atoms with Crippen LogP contribution in [0.5, 0.6) is 5.75 Å². The summed E-state index contributed by atoms with van der Waals surface area (Å²) < 4.78 is 5.93. The van der Waals surface area contributed by atoms with E-state index in [1.807, 2.05) is 62.4 Å². The summed E-state index contributed by atoms with van der Waals surface area (Å²) in [6.45, 7) is 4.45. The fraction of sp³-hybridized carbons (Fsp3) is 0.130. The van der Waals surface area contributed by atoms with Crippen LogP contribution in [0.15, 0.2) is 78.0 Å². The zero-order valence-corrected chi connectivity index (χ0v) is 15.9. The molecule has 142 valence electrons. The third-order valence-corrected chi connectivity index (χ3v) is 4.28. The topological polar surface area (TPSA) is 73.9 Å². The van der Waals surface area contributed by atoms with Gasteiger partial charge in [0.15, 0.2) is 5.84 Å². The van der Waals surface area contributed by atoms with Gasteiger partial charge < -0.3 is 15.3 Å². The average molecular weight is 374 g/mol. The van der Waals surface area contributed by atoms with E-state index < -0.39 is 5.97 Å². The molecule has 0 aliphatic carbocycles. The van der Waals surface area contributed by atoms with E-state index in [4.69, 9.17) is 15.3 Å². The summed E-state index contributed by atoms with van der Waals surface area (Å²) in [5.41, 5.74) is 10.0.